The monoisotopic (exact) mass is 266 g/mol. The third-order valence-corrected chi connectivity index (χ3v) is 5.33. The van der Waals surface area contributed by atoms with Gasteiger partial charge in [-0.1, -0.05) is 0 Å². The average molecular weight is 266 g/mol. The van der Waals surface area contributed by atoms with Crippen LogP contribution in [0.5, 0.6) is 0 Å². The Hall–Kier alpha value is -1.10. The zero-order chi connectivity index (χ0) is 13.6. The summed E-state index contributed by atoms with van der Waals surface area (Å²) in [5, 5.41) is 12.0. The lowest BCUT2D eigenvalue weighted by atomic mass is 9.51. The molecule has 0 aromatic heterocycles. The summed E-state index contributed by atoms with van der Waals surface area (Å²) in [7, 11) is 0. The van der Waals surface area contributed by atoms with Crippen molar-refractivity contribution in [2.24, 2.45) is 35.3 Å². The van der Waals surface area contributed by atoms with Gasteiger partial charge in [0.25, 0.3) is 0 Å². The average Bonchev–Trinajstić information content (AvgIpc) is 2.34. The van der Waals surface area contributed by atoms with Gasteiger partial charge in [0, 0.05) is 5.92 Å². The minimum atomic E-state index is -1.28. The van der Waals surface area contributed by atoms with Gasteiger partial charge in [0.15, 0.2) is 0 Å². The standard InChI is InChI=1S/C14H22N2O3/c15-13(18)11(17)6-16-14(19)12-9-2-7-1-8(4-9)5-10(12)3-7/h7-12,17H,1-6H2,(H2,15,18)(H,16,19). The number of nitrogens with two attached hydrogens (primary N) is 1. The largest absolute Gasteiger partial charge is 0.381 e. The molecule has 4 aliphatic carbocycles. The second-order valence-electron chi connectivity index (χ2n) is 6.62. The number of hydrogen-bond acceptors (Lipinski definition) is 3. The number of amides is 2. The number of hydrogen-bond donors (Lipinski definition) is 3. The summed E-state index contributed by atoms with van der Waals surface area (Å²) in [6.07, 6.45) is 4.82. The Morgan fingerprint density at radius 2 is 1.63 bits per heavy atom. The van der Waals surface area contributed by atoms with Crippen molar-refractivity contribution in [3.63, 3.8) is 0 Å². The van der Waals surface area contributed by atoms with E-state index >= 15 is 0 Å². The van der Waals surface area contributed by atoms with Crippen LogP contribution in [0.1, 0.15) is 32.1 Å². The highest BCUT2D eigenvalue weighted by Crippen LogP contribution is 2.56. The predicted octanol–water partition coefficient (Wildman–Crippen LogP) is 0.0211. The first-order valence-electron chi connectivity index (χ1n) is 7.29. The third-order valence-electron chi connectivity index (χ3n) is 5.33. The number of primary amides is 1. The van der Waals surface area contributed by atoms with Crippen molar-refractivity contribution in [3.8, 4) is 0 Å². The second kappa shape index (κ2) is 4.78. The molecule has 0 radical (unpaired) electrons. The van der Waals surface area contributed by atoms with Crippen LogP contribution >= 0.6 is 0 Å². The summed E-state index contributed by atoms with van der Waals surface area (Å²) in [4.78, 5) is 23.0. The van der Waals surface area contributed by atoms with Crippen LogP contribution in [0, 0.1) is 29.6 Å². The minimum absolute atomic E-state index is 0.00843. The van der Waals surface area contributed by atoms with E-state index in [1.165, 1.54) is 32.1 Å². The molecule has 4 fully saturated rings. The van der Waals surface area contributed by atoms with Crippen molar-refractivity contribution < 1.29 is 14.7 Å². The lowest BCUT2D eigenvalue weighted by Crippen LogP contribution is -2.52. The molecule has 4 rings (SSSR count). The summed E-state index contributed by atoms with van der Waals surface area (Å²) in [5.41, 5.74) is 4.98. The van der Waals surface area contributed by atoms with Gasteiger partial charge in [0.05, 0.1) is 6.54 Å². The van der Waals surface area contributed by atoms with E-state index in [4.69, 9.17) is 5.73 Å². The highest BCUT2D eigenvalue weighted by atomic mass is 16.3. The van der Waals surface area contributed by atoms with E-state index in [9.17, 15) is 14.7 Å². The van der Waals surface area contributed by atoms with Gasteiger partial charge in [0.1, 0.15) is 6.10 Å². The van der Waals surface area contributed by atoms with E-state index in [1.807, 2.05) is 0 Å². The van der Waals surface area contributed by atoms with E-state index in [0.717, 1.165) is 11.8 Å². The Morgan fingerprint density at radius 3 is 2.11 bits per heavy atom. The number of carbonyl (C=O) groups excluding carboxylic acids is 2. The summed E-state index contributed by atoms with van der Waals surface area (Å²) < 4.78 is 0. The van der Waals surface area contributed by atoms with Crippen LogP contribution in [0.15, 0.2) is 0 Å². The van der Waals surface area contributed by atoms with Gasteiger partial charge >= 0.3 is 0 Å². The number of nitrogens with one attached hydrogen (secondary N) is 1. The highest BCUT2D eigenvalue weighted by Gasteiger charge is 2.50. The number of carbonyl (C=O) groups is 2. The predicted molar refractivity (Wildman–Crippen MR) is 68.7 cm³/mol. The number of aliphatic hydroxyl groups excluding tert-OH is 1. The topological polar surface area (TPSA) is 92.4 Å². The lowest BCUT2D eigenvalue weighted by molar-refractivity contribution is -0.139. The maximum Gasteiger partial charge on any atom is 0.248 e. The van der Waals surface area contributed by atoms with Crippen LogP contribution in [-0.2, 0) is 9.59 Å². The molecule has 1 atom stereocenters. The molecule has 0 heterocycles. The Morgan fingerprint density at radius 1 is 1.11 bits per heavy atom. The van der Waals surface area contributed by atoms with Crippen molar-refractivity contribution in [2.45, 2.75) is 38.2 Å². The van der Waals surface area contributed by atoms with Gasteiger partial charge in [-0.05, 0) is 55.8 Å². The van der Waals surface area contributed by atoms with Crippen LogP contribution < -0.4 is 11.1 Å². The number of rotatable bonds is 4. The zero-order valence-electron chi connectivity index (χ0n) is 11.0. The fourth-order valence-electron chi connectivity index (χ4n) is 4.77. The lowest BCUT2D eigenvalue weighted by Gasteiger charge is -2.53. The summed E-state index contributed by atoms with van der Waals surface area (Å²) >= 11 is 0. The first kappa shape index (κ1) is 12.9. The van der Waals surface area contributed by atoms with Crippen LogP contribution in [0.25, 0.3) is 0 Å². The fraction of sp³-hybridized carbons (Fsp3) is 0.857. The molecule has 106 valence electrons. The smallest absolute Gasteiger partial charge is 0.248 e. The van der Waals surface area contributed by atoms with Gasteiger partial charge < -0.3 is 16.2 Å². The molecule has 0 aromatic rings. The van der Waals surface area contributed by atoms with Gasteiger partial charge in [-0.25, -0.2) is 0 Å². The quantitative estimate of drug-likeness (QED) is 0.670. The van der Waals surface area contributed by atoms with Gasteiger partial charge in [0.2, 0.25) is 11.8 Å². The summed E-state index contributed by atoms with van der Waals surface area (Å²) in [6.45, 7) is -0.0586. The summed E-state index contributed by atoms with van der Waals surface area (Å²) in [5.74, 6) is 2.02. The Labute approximate surface area is 112 Å². The van der Waals surface area contributed by atoms with Crippen molar-refractivity contribution >= 4 is 11.8 Å². The molecule has 4 N–H and O–H groups in total. The fourth-order valence-corrected chi connectivity index (χ4v) is 4.77. The van der Waals surface area contributed by atoms with Crippen molar-refractivity contribution in [1.29, 1.82) is 0 Å². The molecule has 0 saturated heterocycles. The van der Waals surface area contributed by atoms with Crippen LogP contribution in [0.3, 0.4) is 0 Å². The second-order valence-corrected chi connectivity index (χ2v) is 6.62. The minimum Gasteiger partial charge on any atom is -0.381 e. The van der Waals surface area contributed by atoms with E-state index in [2.05, 4.69) is 5.32 Å². The SMILES string of the molecule is NC(=O)C(O)CNC(=O)C1C2CC3CC(C2)CC1C3. The van der Waals surface area contributed by atoms with Gasteiger partial charge in [-0.2, -0.15) is 0 Å². The maximum absolute atomic E-state index is 12.3. The van der Waals surface area contributed by atoms with Crippen LogP contribution in [-0.4, -0.2) is 29.6 Å². The third kappa shape index (κ3) is 2.36. The molecule has 4 saturated carbocycles. The molecule has 4 bridgehead atoms. The molecule has 19 heavy (non-hydrogen) atoms. The highest BCUT2D eigenvalue weighted by molar-refractivity contribution is 5.82. The molecule has 0 aliphatic heterocycles. The molecule has 2 amide bonds. The molecular formula is C14H22N2O3. The Balaban J connectivity index is 1.60. The maximum atomic E-state index is 12.3. The van der Waals surface area contributed by atoms with E-state index in [-0.39, 0.29) is 18.4 Å². The van der Waals surface area contributed by atoms with Crippen molar-refractivity contribution in [1.82, 2.24) is 5.32 Å². The van der Waals surface area contributed by atoms with Crippen molar-refractivity contribution in [2.75, 3.05) is 6.54 Å². The molecule has 1 unspecified atom stereocenters. The van der Waals surface area contributed by atoms with Gasteiger partial charge in [-0.3, -0.25) is 9.59 Å². The van der Waals surface area contributed by atoms with Crippen LogP contribution in [0.4, 0.5) is 0 Å². The normalized spacial score (nSPS) is 41.0. The Bertz CT molecular complexity index is 368. The van der Waals surface area contributed by atoms with E-state index in [0.29, 0.717) is 11.8 Å². The van der Waals surface area contributed by atoms with Crippen LogP contribution in [0.2, 0.25) is 0 Å². The molecular weight excluding hydrogens is 244 g/mol. The first-order chi connectivity index (χ1) is 9.04. The Kier molecular flexibility index (Phi) is 3.25. The molecule has 0 spiro atoms. The molecule has 5 nitrogen and oxygen atoms in total. The van der Waals surface area contributed by atoms with Crippen molar-refractivity contribution in [3.05, 3.63) is 0 Å². The number of aliphatic hydroxyl groups is 1. The van der Waals surface area contributed by atoms with E-state index < -0.39 is 12.0 Å². The molecule has 0 aromatic carbocycles. The zero-order valence-corrected chi connectivity index (χ0v) is 11.0. The molecule has 5 heteroatoms. The summed E-state index contributed by atoms with van der Waals surface area (Å²) in [6, 6.07) is 0. The molecule has 4 aliphatic rings. The van der Waals surface area contributed by atoms with Gasteiger partial charge in [-0.15, -0.1) is 0 Å². The van der Waals surface area contributed by atoms with E-state index in [1.54, 1.807) is 0 Å². The first-order valence-corrected chi connectivity index (χ1v) is 7.29.